The van der Waals surface area contributed by atoms with Crippen LogP contribution in [-0.4, -0.2) is 6.04 Å². The van der Waals surface area contributed by atoms with E-state index in [0.717, 1.165) is 0 Å². The van der Waals surface area contributed by atoms with Crippen LogP contribution in [0.25, 0.3) is 0 Å². The van der Waals surface area contributed by atoms with Crippen LogP contribution in [0.4, 0.5) is 0 Å². The van der Waals surface area contributed by atoms with Crippen molar-refractivity contribution in [1.82, 2.24) is 0 Å². The molecule has 0 radical (unpaired) electrons. The highest BCUT2D eigenvalue weighted by Crippen LogP contribution is 2.42. The third kappa shape index (κ3) is 0.432. The summed E-state index contributed by atoms with van der Waals surface area (Å²) in [7, 11) is 0. The third-order valence-corrected chi connectivity index (χ3v) is 1.59. The predicted octanol–water partition coefficient (Wildman–Crippen LogP) is 0.744. The van der Waals surface area contributed by atoms with Gasteiger partial charge in [-0.3, -0.25) is 0 Å². The molecule has 0 unspecified atom stereocenters. The summed E-state index contributed by atoms with van der Waals surface area (Å²) in [6.07, 6.45) is 1.22. The molecule has 0 heterocycles. The summed E-state index contributed by atoms with van der Waals surface area (Å²) in [6.45, 7) is 4.38. The molecule has 1 heteroatoms. The van der Waals surface area contributed by atoms with Gasteiger partial charge >= 0.3 is 0 Å². The summed E-state index contributed by atoms with van der Waals surface area (Å²) in [5.41, 5.74) is 5.99. The van der Waals surface area contributed by atoms with Gasteiger partial charge in [0.05, 0.1) is 0 Å². The van der Waals surface area contributed by atoms with E-state index in [0.29, 0.717) is 11.5 Å². The Bertz CT molecular complexity index is 66.3. The second-order valence-corrected chi connectivity index (χ2v) is 2.80. The Kier molecular flexibility index (Phi) is 0.539. The maximum Gasteiger partial charge on any atom is 0.00965 e. The molecule has 1 nitrogen and oxygen atoms in total. The summed E-state index contributed by atoms with van der Waals surface area (Å²) < 4.78 is 0. The highest BCUT2D eigenvalue weighted by Gasteiger charge is 2.42. The Hall–Kier alpha value is -0.0400. The highest BCUT2D eigenvalue weighted by atomic mass is 14.8. The summed E-state index contributed by atoms with van der Waals surface area (Å²) in [5, 5.41) is 0. The van der Waals surface area contributed by atoms with Crippen molar-refractivity contribution in [2.24, 2.45) is 11.1 Å². The number of nitrogens with two attached hydrogens (primary N) is 1. The lowest BCUT2D eigenvalue weighted by Gasteiger charge is -1.91. The van der Waals surface area contributed by atoms with E-state index in [1.807, 2.05) is 0 Å². The van der Waals surface area contributed by atoms with Crippen LogP contribution in [0.5, 0.6) is 0 Å². The Morgan fingerprint density at radius 3 is 1.83 bits per heavy atom. The number of hydrogen-bond donors (Lipinski definition) is 1. The summed E-state index contributed by atoms with van der Waals surface area (Å²) >= 11 is 0. The molecule has 2 N–H and O–H groups in total. The minimum Gasteiger partial charge on any atom is -0.327 e. The van der Waals surface area contributed by atoms with E-state index in [1.165, 1.54) is 6.42 Å². The van der Waals surface area contributed by atoms with Gasteiger partial charge in [-0.2, -0.15) is 0 Å². The first-order valence-electron chi connectivity index (χ1n) is 2.38. The van der Waals surface area contributed by atoms with Crippen molar-refractivity contribution in [3.05, 3.63) is 0 Å². The fourth-order valence-corrected chi connectivity index (χ4v) is 0.508. The first-order chi connectivity index (χ1) is 2.63. The quantitative estimate of drug-likeness (QED) is 0.461. The van der Waals surface area contributed by atoms with E-state index in [1.54, 1.807) is 0 Å². The predicted molar refractivity (Wildman–Crippen MR) is 26.4 cm³/mol. The number of hydrogen-bond acceptors (Lipinski definition) is 1. The van der Waals surface area contributed by atoms with Gasteiger partial charge in [-0.15, -0.1) is 0 Å². The molecule has 1 atom stereocenters. The van der Waals surface area contributed by atoms with Crippen molar-refractivity contribution in [2.75, 3.05) is 0 Å². The fourth-order valence-electron chi connectivity index (χ4n) is 0.508. The molecular formula is C5H11N. The van der Waals surface area contributed by atoms with Gasteiger partial charge in [0.25, 0.3) is 0 Å². The molecule has 0 aromatic heterocycles. The smallest absolute Gasteiger partial charge is 0.00965 e. The largest absolute Gasteiger partial charge is 0.327 e. The Morgan fingerprint density at radius 2 is 1.83 bits per heavy atom. The summed E-state index contributed by atoms with van der Waals surface area (Å²) in [4.78, 5) is 0. The van der Waals surface area contributed by atoms with Crippen LogP contribution in [0, 0.1) is 5.41 Å². The SMILES string of the molecule is CC1(C)C[C@H]1N. The zero-order valence-electron chi connectivity index (χ0n) is 4.36. The number of rotatable bonds is 0. The van der Waals surface area contributed by atoms with Crippen LogP contribution in [0.1, 0.15) is 20.3 Å². The highest BCUT2D eigenvalue weighted by molar-refractivity contribution is 4.98. The van der Waals surface area contributed by atoms with Gasteiger partial charge in [0, 0.05) is 6.04 Å². The van der Waals surface area contributed by atoms with Gasteiger partial charge in [-0.05, 0) is 11.8 Å². The van der Waals surface area contributed by atoms with Gasteiger partial charge in [0.15, 0.2) is 0 Å². The zero-order chi connectivity index (χ0) is 4.78. The lowest BCUT2D eigenvalue weighted by molar-refractivity contribution is 0.618. The molecule has 0 spiro atoms. The molecule has 0 amide bonds. The van der Waals surface area contributed by atoms with Crippen LogP contribution in [0.3, 0.4) is 0 Å². The Labute approximate surface area is 38.5 Å². The molecule has 1 saturated carbocycles. The molecule has 0 saturated heterocycles. The molecule has 6 heavy (non-hydrogen) atoms. The molecule has 1 fully saturated rings. The van der Waals surface area contributed by atoms with Crippen molar-refractivity contribution in [2.45, 2.75) is 26.3 Å². The van der Waals surface area contributed by atoms with Gasteiger partial charge in [-0.1, -0.05) is 13.8 Å². The van der Waals surface area contributed by atoms with Crippen molar-refractivity contribution < 1.29 is 0 Å². The standard InChI is InChI=1S/C5H11N/c1-5(2)3-4(5)6/h4H,3,6H2,1-2H3/t4-/m1/s1. The maximum atomic E-state index is 5.50. The first-order valence-corrected chi connectivity index (χ1v) is 2.38. The van der Waals surface area contributed by atoms with E-state index >= 15 is 0 Å². The topological polar surface area (TPSA) is 26.0 Å². The molecule has 0 aromatic carbocycles. The van der Waals surface area contributed by atoms with Crippen molar-refractivity contribution in [1.29, 1.82) is 0 Å². The van der Waals surface area contributed by atoms with Crippen molar-refractivity contribution in [3.8, 4) is 0 Å². The maximum absolute atomic E-state index is 5.50. The first kappa shape index (κ1) is 4.13. The van der Waals surface area contributed by atoms with Crippen LogP contribution in [0.2, 0.25) is 0 Å². The average molecular weight is 85.2 g/mol. The van der Waals surface area contributed by atoms with Crippen LogP contribution in [0.15, 0.2) is 0 Å². The molecule has 0 aromatic rings. The van der Waals surface area contributed by atoms with E-state index in [9.17, 15) is 0 Å². The Morgan fingerprint density at radius 1 is 1.67 bits per heavy atom. The molecule has 1 aliphatic carbocycles. The summed E-state index contributed by atoms with van der Waals surface area (Å²) in [5.74, 6) is 0. The van der Waals surface area contributed by atoms with Crippen LogP contribution < -0.4 is 5.73 Å². The minimum atomic E-state index is 0.486. The molecular weight excluding hydrogens is 74.1 g/mol. The van der Waals surface area contributed by atoms with Gasteiger partial charge in [-0.25, -0.2) is 0 Å². The monoisotopic (exact) mass is 85.1 g/mol. The van der Waals surface area contributed by atoms with E-state index < -0.39 is 0 Å². The minimum absolute atomic E-state index is 0.486. The second-order valence-electron chi connectivity index (χ2n) is 2.80. The van der Waals surface area contributed by atoms with E-state index in [4.69, 9.17) is 5.73 Å². The van der Waals surface area contributed by atoms with Gasteiger partial charge in [0.2, 0.25) is 0 Å². The van der Waals surface area contributed by atoms with E-state index in [2.05, 4.69) is 13.8 Å². The molecule has 36 valence electrons. The Balaban J connectivity index is 2.41. The molecule has 0 aliphatic heterocycles. The lowest BCUT2D eigenvalue weighted by atomic mass is 10.2. The van der Waals surface area contributed by atoms with Crippen molar-refractivity contribution in [3.63, 3.8) is 0 Å². The average Bonchev–Trinajstić information content (AvgIpc) is 1.73. The molecule has 0 bridgehead atoms. The van der Waals surface area contributed by atoms with Gasteiger partial charge < -0.3 is 5.73 Å². The summed E-state index contributed by atoms with van der Waals surface area (Å²) in [6, 6.07) is 0.498. The molecule has 1 aliphatic rings. The van der Waals surface area contributed by atoms with Crippen molar-refractivity contribution >= 4 is 0 Å². The zero-order valence-corrected chi connectivity index (χ0v) is 4.36. The second kappa shape index (κ2) is 0.784. The third-order valence-electron chi connectivity index (χ3n) is 1.59. The van der Waals surface area contributed by atoms with Crippen LogP contribution in [-0.2, 0) is 0 Å². The van der Waals surface area contributed by atoms with E-state index in [-0.39, 0.29) is 0 Å². The normalized spacial score (nSPS) is 39.5. The molecule has 1 rings (SSSR count). The fraction of sp³-hybridized carbons (Fsp3) is 1.00. The van der Waals surface area contributed by atoms with Gasteiger partial charge in [0.1, 0.15) is 0 Å². The lowest BCUT2D eigenvalue weighted by Crippen LogP contribution is -2.05. The van der Waals surface area contributed by atoms with Crippen LogP contribution >= 0.6 is 0 Å².